The van der Waals surface area contributed by atoms with Crippen molar-refractivity contribution in [3.05, 3.63) is 72.1 Å². The normalized spacial score (nSPS) is 17.4. The first-order chi connectivity index (χ1) is 18.5. The molecule has 9 nitrogen and oxygen atoms in total. The molecule has 1 aliphatic carbocycles. The van der Waals surface area contributed by atoms with Crippen LogP contribution >= 0.6 is 0 Å². The van der Waals surface area contributed by atoms with Gasteiger partial charge in [0.05, 0.1) is 17.3 Å². The first-order valence-electron chi connectivity index (χ1n) is 13.1. The van der Waals surface area contributed by atoms with E-state index in [9.17, 15) is 4.79 Å². The van der Waals surface area contributed by atoms with Gasteiger partial charge in [-0.3, -0.25) is 5.41 Å². The fraction of sp³-hybridized carbons (Fsp3) is 0.379. The number of nitrogens with one attached hydrogen (secondary N) is 4. The number of carbonyl (C=O) groups is 1. The Hall–Kier alpha value is -3.82. The number of carbonyl (C=O) groups excluding carboxylic acids is 1. The second-order valence-corrected chi connectivity index (χ2v) is 9.22. The molecule has 4 rings (SSSR count). The fourth-order valence-electron chi connectivity index (χ4n) is 4.30. The van der Waals surface area contributed by atoms with Crippen LogP contribution in [-0.2, 0) is 4.79 Å². The second kappa shape index (κ2) is 14.8. The lowest BCUT2D eigenvalue weighted by atomic mass is 9.91. The van der Waals surface area contributed by atoms with Gasteiger partial charge in [-0.1, -0.05) is 25.1 Å². The van der Waals surface area contributed by atoms with Crippen molar-refractivity contribution >= 4 is 23.6 Å². The van der Waals surface area contributed by atoms with E-state index < -0.39 is 0 Å². The minimum absolute atomic E-state index is 0.0556. The Balaban J connectivity index is 0.000000505. The molecule has 0 amide bonds. The molecule has 1 unspecified atom stereocenters. The number of rotatable bonds is 10. The zero-order chi connectivity index (χ0) is 27.3. The summed E-state index contributed by atoms with van der Waals surface area (Å²) >= 11 is 0. The topological polar surface area (TPSA) is 138 Å². The van der Waals surface area contributed by atoms with Crippen molar-refractivity contribution in [1.29, 1.82) is 5.41 Å². The van der Waals surface area contributed by atoms with E-state index in [0.29, 0.717) is 35.0 Å². The van der Waals surface area contributed by atoms with Gasteiger partial charge in [-0.25, -0.2) is 9.97 Å². The van der Waals surface area contributed by atoms with Gasteiger partial charge in [-0.05, 0) is 82.6 Å². The summed E-state index contributed by atoms with van der Waals surface area (Å²) in [6.07, 6.45) is 7.57. The number of ether oxygens (including phenoxy) is 1. The SMILES string of the molecule is CCC(C=O)NC.CNC1CCC(Nc2ncnc(N)c2C(=N)c2ccc(Oc3ccccc3)cc2)CC1. The molecule has 38 heavy (non-hydrogen) atoms. The Bertz CT molecular complexity index is 1140. The number of nitrogens with zero attached hydrogens (tertiary/aromatic N) is 2. The number of anilines is 2. The Kier molecular flexibility index (Phi) is 11.2. The van der Waals surface area contributed by atoms with Crippen molar-refractivity contribution in [2.24, 2.45) is 0 Å². The van der Waals surface area contributed by atoms with Gasteiger partial charge in [-0.15, -0.1) is 0 Å². The third-order valence-electron chi connectivity index (χ3n) is 6.70. The molecule has 0 aliphatic heterocycles. The van der Waals surface area contributed by atoms with Crippen LogP contribution in [0.2, 0.25) is 0 Å². The number of aldehydes is 1. The van der Waals surface area contributed by atoms with E-state index in [-0.39, 0.29) is 11.8 Å². The van der Waals surface area contributed by atoms with Crippen LogP contribution in [0.1, 0.15) is 50.2 Å². The number of aromatic nitrogens is 2. The number of hydrogen-bond acceptors (Lipinski definition) is 9. The van der Waals surface area contributed by atoms with Gasteiger partial charge in [0.15, 0.2) is 0 Å². The van der Waals surface area contributed by atoms with Gasteiger partial charge in [-0.2, -0.15) is 0 Å². The molecular weight excluding hydrogens is 478 g/mol. The highest BCUT2D eigenvalue weighted by Crippen LogP contribution is 2.27. The van der Waals surface area contributed by atoms with Gasteiger partial charge in [0, 0.05) is 17.6 Å². The van der Waals surface area contributed by atoms with Crippen molar-refractivity contribution in [1.82, 2.24) is 20.6 Å². The molecule has 0 radical (unpaired) electrons. The monoisotopic (exact) mass is 517 g/mol. The summed E-state index contributed by atoms with van der Waals surface area (Å²) in [6, 6.07) is 18.0. The minimum Gasteiger partial charge on any atom is -0.457 e. The maximum absolute atomic E-state index is 9.90. The maximum atomic E-state index is 9.90. The van der Waals surface area contributed by atoms with E-state index in [2.05, 4.69) is 25.9 Å². The molecule has 6 N–H and O–H groups in total. The Morgan fingerprint density at radius 2 is 1.66 bits per heavy atom. The van der Waals surface area contributed by atoms with Crippen molar-refractivity contribution in [2.45, 2.75) is 57.2 Å². The molecule has 0 spiro atoms. The average molecular weight is 518 g/mol. The summed E-state index contributed by atoms with van der Waals surface area (Å²) in [4.78, 5) is 18.4. The molecule has 1 fully saturated rings. The molecule has 9 heteroatoms. The Morgan fingerprint density at radius 1 is 1.03 bits per heavy atom. The van der Waals surface area contributed by atoms with E-state index in [0.717, 1.165) is 49.7 Å². The maximum Gasteiger partial charge on any atom is 0.141 e. The van der Waals surface area contributed by atoms with Crippen LogP contribution in [0.25, 0.3) is 0 Å². The predicted octanol–water partition coefficient (Wildman–Crippen LogP) is 4.39. The second-order valence-electron chi connectivity index (χ2n) is 9.22. The first-order valence-corrected chi connectivity index (χ1v) is 13.1. The quantitative estimate of drug-likeness (QED) is 0.197. The van der Waals surface area contributed by atoms with E-state index >= 15 is 0 Å². The van der Waals surface area contributed by atoms with Gasteiger partial charge >= 0.3 is 0 Å². The van der Waals surface area contributed by atoms with Crippen LogP contribution in [0, 0.1) is 5.41 Å². The van der Waals surface area contributed by atoms with Gasteiger partial charge in [0.1, 0.15) is 35.7 Å². The number of para-hydroxylation sites is 1. The summed E-state index contributed by atoms with van der Waals surface area (Å²) in [5.41, 5.74) is 7.72. The number of nitrogen functional groups attached to an aromatic ring is 1. The van der Waals surface area contributed by atoms with Crippen molar-refractivity contribution in [2.75, 3.05) is 25.1 Å². The zero-order valence-electron chi connectivity index (χ0n) is 22.4. The summed E-state index contributed by atoms with van der Waals surface area (Å²) < 4.78 is 5.85. The Labute approximate surface area is 225 Å². The molecule has 1 aliphatic rings. The number of nitrogens with two attached hydrogens (primary N) is 1. The largest absolute Gasteiger partial charge is 0.457 e. The van der Waals surface area contributed by atoms with Crippen molar-refractivity contribution in [3.8, 4) is 11.5 Å². The van der Waals surface area contributed by atoms with Gasteiger partial charge in [0.25, 0.3) is 0 Å². The van der Waals surface area contributed by atoms with E-state index in [1.54, 1.807) is 7.05 Å². The molecule has 1 atom stereocenters. The zero-order valence-corrected chi connectivity index (χ0v) is 22.4. The molecule has 3 aromatic rings. The smallest absolute Gasteiger partial charge is 0.141 e. The van der Waals surface area contributed by atoms with Crippen LogP contribution in [0.5, 0.6) is 11.5 Å². The highest BCUT2D eigenvalue weighted by molar-refractivity contribution is 6.16. The first kappa shape index (κ1) is 28.7. The summed E-state index contributed by atoms with van der Waals surface area (Å²) in [7, 11) is 3.79. The van der Waals surface area contributed by atoms with E-state index in [1.165, 1.54) is 6.33 Å². The summed E-state index contributed by atoms with van der Waals surface area (Å²) in [5.74, 6) is 2.40. The molecule has 0 bridgehead atoms. The molecule has 0 saturated heterocycles. The van der Waals surface area contributed by atoms with Crippen molar-refractivity contribution in [3.63, 3.8) is 0 Å². The highest BCUT2D eigenvalue weighted by Gasteiger charge is 2.23. The van der Waals surface area contributed by atoms with E-state index in [4.69, 9.17) is 15.9 Å². The van der Waals surface area contributed by atoms with Crippen LogP contribution in [-0.4, -0.2) is 54.2 Å². The van der Waals surface area contributed by atoms with Crippen LogP contribution in [0.3, 0.4) is 0 Å². The molecule has 1 aromatic heterocycles. The third-order valence-corrected chi connectivity index (χ3v) is 6.70. The molecule has 1 heterocycles. The molecule has 2 aromatic carbocycles. The highest BCUT2D eigenvalue weighted by atomic mass is 16.5. The van der Waals surface area contributed by atoms with Gasteiger partial charge < -0.3 is 31.2 Å². The number of benzene rings is 2. The van der Waals surface area contributed by atoms with Crippen LogP contribution in [0.15, 0.2) is 60.9 Å². The lowest BCUT2D eigenvalue weighted by Crippen LogP contribution is -2.35. The standard InChI is InChI=1S/C24H28N6O.C5H11NO/c1-27-17-9-11-18(12-10-17)30-24-21(23(26)28-15-29-24)22(25)16-7-13-20(14-8-16)31-19-5-3-2-4-6-19;1-3-5(4-7)6-2/h2-8,13-15,17-18,25,27H,9-12H2,1H3,(H3,26,28,29,30);4-6H,3H2,1-2H3. The molecular formula is C29H39N7O2. The predicted molar refractivity (Wildman–Crippen MR) is 153 cm³/mol. The molecule has 1 saturated carbocycles. The number of likely N-dealkylation sites (N-methyl/N-ethyl adjacent to an activating group) is 1. The van der Waals surface area contributed by atoms with Crippen molar-refractivity contribution < 1.29 is 9.53 Å². The summed E-state index contributed by atoms with van der Waals surface area (Å²) in [6.45, 7) is 1.97. The molecule has 202 valence electrons. The fourth-order valence-corrected chi connectivity index (χ4v) is 4.30. The van der Waals surface area contributed by atoms with Crippen LogP contribution in [0.4, 0.5) is 11.6 Å². The number of hydrogen-bond donors (Lipinski definition) is 5. The summed E-state index contributed by atoms with van der Waals surface area (Å²) in [5, 5.41) is 18.5. The van der Waals surface area contributed by atoms with Gasteiger partial charge in [0.2, 0.25) is 0 Å². The Morgan fingerprint density at radius 3 is 2.21 bits per heavy atom. The lowest BCUT2D eigenvalue weighted by molar-refractivity contribution is -0.109. The third kappa shape index (κ3) is 8.09. The average Bonchev–Trinajstić information content (AvgIpc) is 2.95. The van der Waals surface area contributed by atoms with E-state index in [1.807, 2.05) is 68.6 Å². The minimum atomic E-state index is 0.0556. The lowest BCUT2D eigenvalue weighted by Gasteiger charge is -2.29. The van der Waals surface area contributed by atoms with Crippen LogP contribution < -0.4 is 26.4 Å².